The maximum Gasteiger partial charge on any atom is 0.573 e. The number of rotatable bonds is 6. The van der Waals surface area contributed by atoms with Crippen LogP contribution in [0.4, 0.5) is 18.9 Å². The summed E-state index contributed by atoms with van der Waals surface area (Å²) < 4.78 is 69.3. The summed E-state index contributed by atoms with van der Waals surface area (Å²) in [6.07, 6.45) is -4.79. The number of alkyl halides is 3. The molecule has 1 saturated heterocycles. The third kappa shape index (κ3) is 6.32. The van der Waals surface area contributed by atoms with Gasteiger partial charge in [-0.1, -0.05) is 12.1 Å². The standard InChI is InChI=1S/C19H20F3N3O5S/c20-19(21,22)30-14-3-1-13(2-4-14)12-24-18(26)16-11-15(31(23,27)28)5-6-17(16)25-7-9-29-10-8-25/h1-6,11H,7-10,12H2,(H,24,26)(H2,23,27,28). The van der Waals surface area contributed by atoms with E-state index in [0.717, 1.165) is 12.1 Å². The van der Waals surface area contributed by atoms with Crippen molar-refractivity contribution in [2.24, 2.45) is 5.14 Å². The third-order valence-electron chi connectivity index (χ3n) is 4.50. The molecule has 1 aliphatic heterocycles. The lowest BCUT2D eigenvalue weighted by atomic mass is 10.1. The van der Waals surface area contributed by atoms with Crippen molar-refractivity contribution in [3.63, 3.8) is 0 Å². The predicted molar refractivity (Wildman–Crippen MR) is 105 cm³/mol. The molecule has 0 unspecified atom stereocenters. The van der Waals surface area contributed by atoms with Crippen LogP contribution in [0.1, 0.15) is 15.9 Å². The molecule has 1 aliphatic rings. The maximum atomic E-state index is 12.8. The van der Waals surface area contributed by atoms with Crippen molar-refractivity contribution in [2.75, 3.05) is 31.2 Å². The molecule has 0 bridgehead atoms. The number of nitrogens with one attached hydrogen (secondary N) is 1. The van der Waals surface area contributed by atoms with Crippen molar-refractivity contribution < 1.29 is 35.9 Å². The van der Waals surface area contributed by atoms with Gasteiger partial charge < -0.3 is 19.7 Å². The number of primary sulfonamides is 1. The molecule has 0 saturated carbocycles. The van der Waals surface area contributed by atoms with Crippen LogP contribution >= 0.6 is 0 Å². The summed E-state index contributed by atoms with van der Waals surface area (Å²) in [4.78, 5) is 14.5. The number of nitrogens with two attached hydrogens (primary N) is 1. The highest BCUT2D eigenvalue weighted by molar-refractivity contribution is 7.89. The van der Waals surface area contributed by atoms with Crippen LogP contribution in [0.15, 0.2) is 47.4 Å². The van der Waals surface area contributed by atoms with Crippen LogP contribution in [0.5, 0.6) is 5.75 Å². The van der Waals surface area contributed by atoms with Crippen molar-refractivity contribution in [3.05, 3.63) is 53.6 Å². The number of carbonyl (C=O) groups is 1. The average Bonchev–Trinajstić information content (AvgIpc) is 2.71. The Balaban J connectivity index is 1.77. The number of ether oxygens (including phenoxy) is 2. The zero-order chi connectivity index (χ0) is 22.6. The van der Waals surface area contributed by atoms with E-state index in [1.165, 1.54) is 30.3 Å². The highest BCUT2D eigenvalue weighted by Crippen LogP contribution is 2.26. The van der Waals surface area contributed by atoms with Gasteiger partial charge in [0.05, 0.1) is 23.7 Å². The van der Waals surface area contributed by atoms with Crippen LogP contribution in [-0.2, 0) is 21.3 Å². The Morgan fingerprint density at radius 1 is 1.13 bits per heavy atom. The van der Waals surface area contributed by atoms with Crippen molar-refractivity contribution in [2.45, 2.75) is 17.8 Å². The highest BCUT2D eigenvalue weighted by Gasteiger charge is 2.31. The molecule has 8 nitrogen and oxygen atoms in total. The number of anilines is 1. The first-order valence-corrected chi connectivity index (χ1v) is 10.7. The summed E-state index contributed by atoms with van der Waals surface area (Å²) in [6, 6.07) is 9.08. The summed E-state index contributed by atoms with van der Waals surface area (Å²) in [7, 11) is -4.02. The molecule has 1 fully saturated rings. The maximum absolute atomic E-state index is 12.8. The van der Waals surface area contributed by atoms with Crippen LogP contribution in [0, 0.1) is 0 Å². The van der Waals surface area contributed by atoms with Crippen LogP contribution in [-0.4, -0.2) is 47.0 Å². The Morgan fingerprint density at radius 3 is 2.35 bits per heavy atom. The number of benzene rings is 2. The van der Waals surface area contributed by atoms with Gasteiger partial charge in [-0.3, -0.25) is 4.79 Å². The molecule has 12 heteroatoms. The fraction of sp³-hybridized carbons (Fsp3) is 0.316. The largest absolute Gasteiger partial charge is 0.573 e. The van der Waals surface area contributed by atoms with Gasteiger partial charge in [0.1, 0.15) is 5.75 Å². The van der Waals surface area contributed by atoms with Gasteiger partial charge in [0.25, 0.3) is 5.91 Å². The molecular formula is C19H20F3N3O5S. The second-order valence-electron chi connectivity index (χ2n) is 6.70. The molecule has 0 spiro atoms. The van der Waals surface area contributed by atoms with E-state index in [-0.39, 0.29) is 22.8 Å². The summed E-state index contributed by atoms with van der Waals surface area (Å²) in [6.45, 7) is 1.98. The normalized spacial score (nSPS) is 14.9. The van der Waals surface area contributed by atoms with Gasteiger partial charge in [-0.25, -0.2) is 13.6 Å². The van der Waals surface area contributed by atoms with E-state index in [1.54, 1.807) is 0 Å². The smallest absolute Gasteiger partial charge is 0.406 e. The van der Waals surface area contributed by atoms with Gasteiger partial charge in [-0.15, -0.1) is 13.2 Å². The molecule has 2 aromatic rings. The number of carbonyl (C=O) groups excluding carboxylic acids is 1. The number of sulfonamides is 1. The molecule has 31 heavy (non-hydrogen) atoms. The second-order valence-corrected chi connectivity index (χ2v) is 8.26. The Hall–Kier alpha value is -2.83. The Morgan fingerprint density at radius 2 is 1.77 bits per heavy atom. The predicted octanol–water partition coefficient (Wildman–Crippen LogP) is 2.00. The SMILES string of the molecule is NS(=O)(=O)c1ccc(N2CCOCC2)c(C(=O)NCc2ccc(OC(F)(F)F)cc2)c1. The Bertz CT molecular complexity index is 1040. The van der Waals surface area contributed by atoms with Crippen molar-refractivity contribution >= 4 is 21.6 Å². The average molecular weight is 459 g/mol. The highest BCUT2D eigenvalue weighted by atomic mass is 32.2. The quantitative estimate of drug-likeness (QED) is 0.684. The number of amides is 1. The first kappa shape index (κ1) is 22.8. The zero-order valence-electron chi connectivity index (χ0n) is 16.2. The molecule has 3 N–H and O–H groups in total. The van der Waals surface area contributed by atoms with Crippen LogP contribution in [0.2, 0.25) is 0 Å². The van der Waals surface area contributed by atoms with Gasteiger partial charge in [-0.2, -0.15) is 0 Å². The van der Waals surface area contributed by atoms with Gasteiger partial charge >= 0.3 is 6.36 Å². The zero-order valence-corrected chi connectivity index (χ0v) is 17.0. The van der Waals surface area contributed by atoms with E-state index in [1.807, 2.05) is 4.90 Å². The third-order valence-corrected chi connectivity index (χ3v) is 5.41. The number of halogens is 3. The lowest BCUT2D eigenvalue weighted by Crippen LogP contribution is -2.38. The minimum atomic E-state index is -4.79. The van der Waals surface area contributed by atoms with Crippen LogP contribution in [0.25, 0.3) is 0 Å². The lowest BCUT2D eigenvalue weighted by Gasteiger charge is -2.30. The lowest BCUT2D eigenvalue weighted by molar-refractivity contribution is -0.274. The fourth-order valence-corrected chi connectivity index (χ4v) is 3.58. The molecule has 1 amide bonds. The Labute approximate surface area is 176 Å². The topological polar surface area (TPSA) is 111 Å². The minimum Gasteiger partial charge on any atom is -0.406 e. The van der Waals surface area contributed by atoms with E-state index < -0.39 is 22.3 Å². The van der Waals surface area contributed by atoms with Gasteiger partial charge in [-0.05, 0) is 35.9 Å². The van der Waals surface area contributed by atoms with E-state index in [0.29, 0.717) is 37.6 Å². The second kappa shape index (κ2) is 9.12. The molecular weight excluding hydrogens is 439 g/mol. The van der Waals surface area contributed by atoms with Gasteiger partial charge in [0.2, 0.25) is 10.0 Å². The van der Waals surface area contributed by atoms with Crippen molar-refractivity contribution in [3.8, 4) is 5.75 Å². The number of nitrogens with zero attached hydrogens (tertiary/aromatic N) is 1. The van der Waals surface area contributed by atoms with E-state index in [9.17, 15) is 26.4 Å². The molecule has 0 atom stereocenters. The molecule has 2 aromatic carbocycles. The van der Waals surface area contributed by atoms with Crippen LogP contribution in [0.3, 0.4) is 0 Å². The summed E-state index contributed by atoms with van der Waals surface area (Å²) in [5, 5.41) is 7.84. The Kier molecular flexibility index (Phi) is 6.72. The van der Waals surface area contributed by atoms with Crippen molar-refractivity contribution in [1.29, 1.82) is 0 Å². The number of hydrogen-bond acceptors (Lipinski definition) is 6. The summed E-state index contributed by atoms with van der Waals surface area (Å²) in [5.41, 5.74) is 1.17. The molecule has 0 radical (unpaired) electrons. The van der Waals surface area contributed by atoms with Gasteiger partial charge in [0, 0.05) is 25.3 Å². The molecule has 3 rings (SSSR count). The summed E-state index contributed by atoms with van der Waals surface area (Å²) >= 11 is 0. The van der Waals surface area contributed by atoms with Gasteiger partial charge in [0.15, 0.2) is 0 Å². The first-order chi connectivity index (χ1) is 14.5. The van der Waals surface area contributed by atoms with E-state index in [4.69, 9.17) is 9.88 Å². The molecule has 0 aromatic heterocycles. The fourth-order valence-electron chi connectivity index (χ4n) is 3.04. The summed E-state index contributed by atoms with van der Waals surface area (Å²) in [5.74, 6) is -0.930. The van der Waals surface area contributed by atoms with E-state index >= 15 is 0 Å². The monoisotopic (exact) mass is 459 g/mol. The van der Waals surface area contributed by atoms with Crippen molar-refractivity contribution in [1.82, 2.24) is 5.32 Å². The molecule has 0 aliphatic carbocycles. The number of morpholine rings is 1. The van der Waals surface area contributed by atoms with E-state index in [2.05, 4.69) is 10.1 Å². The van der Waals surface area contributed by atoms with Crippen LogP contribution < -0.4 is 20.1 Å². The first-order valence-electron chi connectivity index (χ1n) is 9.15. The number of hydrogen-bond donors (Lipinski definition) is 2. The molecule has 1 heterocycles. The minimum absolute atomic E-state index is 0.00723. The molecule has 168 valence electrons.